The molecule has 76 valence electrons. The Kier molecular flexibility index (Phi) is 4.13. The summed E-state index contributed by atoms with van der Waals surface area (Å²) >= 11 is 0. The Balaban J connectivity index is 2.49. The summed E-state index contributed by atoms with van der Waals surface area (Å²) in [6.45, 7) is 2.85. The number of nitrogens with two attached hydrogens (primary N) is 1. The molecule has 14 heavy (non-hydrogen) atoms. The minimum absolute atomic E-state index is 0.262. The van der Waals surface area contributed by atoms with Crippen LogP contribution in [0.15, 0.2) is 35.9 Å². The predicted octanol–water partition coefficient (Wildman–Crippen LogP) is 2.11. The van der Waals surface area contributed by atoms with Gasteiger partial charge in [0.1, 0.15) is 18.2 Å². The van der Waals surface area contributed by atoms with Crippen LogP contribution >= 0.6 is 0 Å². The van der Waals surface area contributed by atoms with Gasteiger partial charge in [0.15, 0.2) is 0 Å². The maximum atomic E-state index is 12.5. The molecule has 0 atom stereocenters. The van der Waals surface area contributed by atoms with Crippen LogP contribution in [0.2, 0.25) is 0 Å². The number of halogens is 1. The third-order valence-corrected chi connectivity index (χ3v) is 1.91. The Morgan fingerprint density at radius 2 is 2.07 bits per heavy atom. The van der Waals surface area contributed by atoms with Crippen molar-refractivity contribution in [2.75, 3.05) is 13.2 Å². The summed E-state index contributed by atoms with van der Waals surface area (Å²) in [4.78, 5) is 0. The molecule has 2 N–H and O–H groups in total. The zero-order valence-electron chi connectivity index (χ0n) is 8.16. The summed E-state index contributed by atoms with van der Waals surface area (Å²) in [5.74, 6) is 0.390. The highest BCUT2D eigenvalue weighted by Gasteiger charge is 1.96. The molecule has 0 aliphatic heterocycles. The molecule has 1 rings (SSSR count). The second kappa shape index (κ2) is 5.40. The molecule has 0 aromatic heterocycles. The number of allylic oxidation sites excluding steroid dienone is 1. The molecule has 1 aromatic carbocycles. The summed E-state index contributed by atoms with van der Waals surface area (Å²) in [7, 11) is 0. The molecule has 0 bridgehead atoms. The molecule has 1 aromatic rings. The normalized spacial score (nSPS) is 11.5. The van der Waals surface area contributed by atoms with Gasteiger partial charge in [0.25, 0.3) is 0 Å². The number of benzene rings is 1. The first-order chi connectivity index (χ1) is 6.76. The summed E-state index contributed by atoms with van der Waals surface area (Å²) in [6.07, 6.45) is 1.92. The molecule has 0 unspecified atom stereocenters. The lowest BCUT2D eigenvalue weighted by molar-refractivity contribution is 0.349. The van der Waals surface area contributed by atoms with Crippen molar-refractivity contribution in [1.82, 2.24) is 0 Å². The van der Waals surface area contributed by atoms with Crippen LogP contribution in [0.4, 0.5) is 4.39 Å². The van der Waals surface area contributed by atoms with E-state index in [4.69, 9.17) is 10.5 Å². The highest BCUT2D eigenvalue weighted by Crippen LogP contribution is 2.11. The molecule has 0 spiro atoms. The smallest absolute Gasteiger partial charge is 0.123 e. The van der Waals surface area contributed by atoms with Gasteiger partial charge >= 0.3 is 0 Å². The van der Waals surface area contributed by atoms with E-state index in [2.05, 4.69) is 0 Å². The van der Waals surface area contributed by atoms with E-state index in [-0.39, 0.29) is 5.82 Å². The van der Waals surface area contributed by atoms with Crippen LogP contribution in [0.5, 0.6) is 5.75 Å². The largest absolute Gasteiger partial charge is 0.489 e. The Bertz CT molecular complexity index is 306. The summed E-state index contributed by atoms with van der Waals surface area (Å²) in [5.41, 5.74) is 6.49. The van der Waals surface area contributed by atoms with Gasteiger partial charge in [-0.3, -0.25) is 0 Å². The molecular formula is C11H14FNO. The Labute approximate surface area is 83.2 Å². The number of ether oxygens (including phenoxy) is 1. The van der Waals surface area contributed by atoms with Gasteiger partial charge in [0.05, 0.1) is 0 Å². The van der Waals surface area contributed by atoms with Gasteiger partial charge in [0, 0.05) is 6.54 Å². The van der Waals surface area contributed by atoms with Crippen molar-refractivity contribution in [3.63, 3.8) is 0 Å². The first kappa shape index (κ1) is 10.7. The monoisotopic (exact) mass is 195 g/mol. The molecule has 0 fully saturated rings. The second-order valence-electron chi connectivity index (χ2n) is 2.89. The molecule has 3 heteroatoms. The third-order valence-electron chi connectivity index (χ3n) is 1.91. The van der Waals surface area contributed by atoms with Gasteiger partial charge in [-0.2, -0.15) is 0 Å². The third kappa shape index (κ3) is 3.18. The van der Waals surface area contributed by atoms with Crippen molar-refractivity contribution in [3.8, 4) is 5.75 Å². The molecule has 0 saturated carbocycles. The van der Waals surface area contributed by atoms with Gasteiger partial charge in [0.2, 0.25) is 0 Å². The van der Waals surface area contributed by atoms with Crippen molar-refractivity contribution < 1.29 is 9.13 Å². The first-order valence-electron chi connectivity index (χ1n) is 4.48. The standard InChI is InChI=1S/C11H14FNO/c1-2-9(7-13)8-14-11-5-3-10(12)4-6-11/h2-6H,7-8,13H2,1H3/b9-2+. The van der Waals surface area contributed by atoms with Crippen molar-refractivity contribution in [3.05, 3.63) is 41.7 Å². The molecular weight excluding hydrogens is 181 g/mol. The fourth-order valence-electron chi connectivity index (χ4n) is 0.967. The van der Waals surface area contributed by atoms with Crippen LogP contribution in [0.3, 0.4) is 0 Å². The van der Waals surface area contributed by atoms with E-state index in [1.54, 1.807) is 12.1 Å². The second-order valence-corrected chi connectivity index (χ2v) is 2.89. The zero-order valence-corrected chi connectivity index (χ0v) is 8.16. The van der Waals surface area contributed by atoms with Gasteiger partial charge in [-0.15, -0.1) is 0 Å². The molecule has 0 aliphatic carbocycles. The summed E-state index contributed by atoms with van der Waals surface area (Å²) in [5, 5.41) is 0. The highest BCUT2D eigenvalue weighted by molar-refractivity contribution is 5.22. The quantitative estimate of drug-likeness (QED) is 0.747. The van der Waals surface area contributed by atoms with Gasteiger partial charge < -0.3 is 10.5 Å². The average Bonchev–Trinajstić information content (AvgIpc) is 2.22. The lowest BCUT2D eigenvalue weighted by atomic mass is 10.3. The maximum Gasteiger partial charge on any atom is 0.123 e. The Morgan fingerprint density at radius 1 is 1.43 bits per heavy atom. The fourth-order valence-corrected chi connectivity index (χ4v) is 0.967. The average molecular weight is 195 g/mol. The SMILES string of the molecule is C/C=C(\CN)COc1ccc(F)cc1. The summed E-state index contributed by atoms with van der Waals surface area (Å²) < 4.78 is 17.9. The Hall–Kier alpha value is -1.35. The first-order valence-corrected chi connectivity index (χ1v) is 4.48. The lowest BCUT2D eigenvalue weighted by Crippen LogP contribution is -2.10. The topological polar surface area (TPSA) is 35.2 Å². The van der Waals surface area contributed by atoms with Gasteiger partial charge in [-0.25, -0.2) is 4.39 Å². The van der Waals surface area contributed by atoms with Crippen LogP contribution in [-0.4, -0.2) is 13.2 Å². The van der Waals surface area contributed by atoms with E-state index >= 15 is 0 Å². The van der Waals surface area contributed by atoms with E-state index in [1.165, 1.54) is 12.1 Å². The number of hydrogen-bond donors (Lipinski definition) is 1. The fraction of sp³-hybridized carbons (Fsp3) is 0.273. The number of hydrogen-bond acceptors (Lipinski definition) is 2. The number of rotatable bonds is 4. The molecule has 0 heterocycles. The van der Waals surface area contributed by atoms with Crippen LogP contribution < -0.4 is 10.5 Å². The van der Waals surface area contributed by atoms with E-state index in [1.807, 2.05) is 13.0 Å². The summed E-state index contributed by atoms with van der Waals surface area (Å²) in [6, 6.07) is 5.93. The van der Waals surface area contributed by atoms with Gasteiger partial charge in [-0.05, 0) is 36.8 Å². The van der Waals surface area contributed by atoms with Crippen molar-refractivity contribution in [2.45, 2.75) is 6.92 Å². The molecule has 0 amide bonds. The highest BCUT2D eigenvalue weighted by atomic mass is 19.1. The van der Waals surface area contributed by atoms with Crippen LogP contribution in [-0.2, 0) is 0 Å². The van der Waals surface area contributed by atoms with E-state index in [0.29, 0.717) is 18.9 Å². The predicted molar refractivity (Wildman–Crippen MR) is 54.7 cm³/mol. The van der Waals surface area contributed by atoms with Crippen molar-refractivity contribution in [2.24, 2.45) is 5.73 Å². The molecule has 2 nitrogen and oxygen atoms in total. The van der Waals surface area contributed by atoms with Crippen LogP contribution in [0.1, 0.15) is 6.92 Å². The van der Waals surface area contributed by atoms with Gasteiger partial charge in [-0.1, -0.05) is 6.08 Å². The van der Waals surface area contributed by atoms with E-state index in [0.717, 1.165) is 5.57 Å². The zero-order chi connectivity index (χ0) is 10.4. The molecule has 0 radical (unpaired) electrons. The minimum atomic E-state index is -0.262. The molecule has 0 saturated heterocycles. The lowest BCUT2D eigenvalue weighted by Gasteiger charge is -2.07. The van der Waals surface area contributed by atoms with E-state index < -0.39 is 0 Å². The Morgan fingerprint density at radius 3 is 2.57 bits per heavy atom. The minimum Gasteiger partial charge on any atom is -0.489 e. The maximum absolute atomic E-state index is 12.5. The van der Waals surface area contributed by atoms with Crippen LogP contribution in [0, 0.1) is 5.82 Å². The van der Waals surface area contributed by atoms with E-state index in [9.17, 15) is 4.39 Å². The van der Waals surface area contributed by atoms with Crippen molar-refractivity contribution in [1.29, 1.82) is 0 Å². The molecule has 0 aliphatic rings. The van der Waals surface area contributed by atoms with Crippen molar-refractivity contribution >= 4 is 0 Å². The van der Waals surface area contributed by atoms with Crippen LogP contribution in [0.25, 0.3) is 0 Å².